The minimum absolute atomic E-state index is 0.00694. The predicted molar refractivity (Wildman–Crippen MR) is 345 cm³/mol. The van der Waals surface area contributed by atoms with Crippen LogP contribution in [0, 0.1) is 0 Å². The molecule has 0 spiro atoms. The van der Waals surface area contributed by atoms with E-state index >= 15 is 0 Å². The molecule has 0 radical (unpaired) electrons. The highest BCUT2D eigenvalue weighted by atomic mass is 36.0. The maximum absolute atomic E-state index is 9.09. The molecule has 9 aromatic heterocycles. The van der Waals surface area contributed by atoms with E-state index in [0.717, 1.165) is 103 Å². The van der Waals surface area contributed by atoms with Gasteiger partial charge in [-0.3, -0.25) is 0 Å². The summed E-state index contributed by atoms with van der Waals surface area (Å²) < 4.78 is 91.7. The lowest BCUT2D eigenvalue weighted by atomic mass is 10.5. The Morgan fingerprint density at radius 3 is 0.418 bits per heavy atom. The Kier molecular flexibility index (Phi) is 110. The van der Waals surface area contributed by atoms with Crippen LogP contribution in [0.4, 0.5) is 0 Å². The SMILES string of the molecule is CO.CO.CO.CO.CO.CO.CO.CO.COCc1ccco1.COCc1ccco1.COCc1ccco1.COCc1ccco1.COCc1ccco1.COCc1ccco1.COCc1ccco1.COCc1ccco1.O=S(Cl)Cl.OCc1ccco1. The molecule has 9 aromatic rings. The Morgan fingerprint density at radius 2 is 0.363 bits per heavy atom. The van der Waals surface area contributed by atoms with E-state index < -0.39 is 9.23 Å². The third-order valence-electron chi connectivity index (χ3n) is 7.67. The molecule has 0 atom stereocenters. The molecule has 27 nitrogen and oxygen atoms in total. The fourth-order valence-corrected chi connectivity index (χ4v) is 4.70. The van der Waals surface area contributed by atoms with Crippen molar-refractivity contribution in [2.75, 3.05) is 114 Å². The molecule has 9 N–H and O–H groups in total. The first-order valence-corrected chi connectivity index (χ1v) is 28.5. The van der Waals surface area contributed by atoms with Gasteiger partial charge in [0.1, 0.15) is 111 Å². The van der Waals surface area contributed by atoms with E-state index in [9.17, 15) is 0 Å². The van der Waals surface area contributed by atoms with Gasteiger partial charge < -0.3 is 124 Å². The first-order valence-electron chi connectivity index (χ1n) is 25.7. The molecule has 0 unspecified atom stereocenters. The van der Waals surface area contributed by atoms with Gasteiger partial charge >= 0.3 is 0 Å². The van der Waals surface area contributed by atoms with Crippen LogP contribution in [-0.4, -0.2) is 164 Å². The summed E-state index contributed by atoms with van der Waals surface area (Å²) in [5, 5.41) is 64.3. The Hall–Kier alpha value is -6.43. The lowest BCUT2D eigenvalue weighted by molar-refractivity contribution is 0.164. The van der Waals surface area contributed by atoms with E-state index in [0.29, 0.717) is 58.6 Å². The largest absolute Gasteiger partial charge is 0.467 e. The zero-order valence-corrected chi connectivity index (χ0v) is 57.3. The van der Waals surface area contributed by atoms with Crippen LogP contribution in [0.2, 0.25) is 0 Å². The Bertz CT molecular complexity index is 1910. The lowest BCUT2D eigenvalue weighted by Gasteiger charge is -1.88. The molecule has 91 heavy (non-hydrogen) atoms. The quantitative estimate of drug-likeness (QED) is 0.0383. The van der Waals surface area contributed by atoms with E-state index in [-0.39, 0.29) is 6.61 Å². The van der Waals surface area contributed by atoms with Crippen LogP contribution in [0.25, 0.3) is 0 Å². The molecule has 0 fully saturated rings. The second-order valence-electron chi connectivity index (χ2n) is 13.5. The van der Waals surface area contributed by atoms with Crippen molar-refractivity contribution in [3.63, 3.8) is 0 Å². The van der Waals surface area contributed by atoms with Crippen LogP contribution >= 0.6 is 21.4 Å². The number of aliphatic hydroxyl groups is 9. The van der Waals surface area contributed by atoms with Gasteiger partial charge in [-0.1, -0.05) is 0 Å². The van der Waals surface area contributed by atoms with Gasteiger partial charge in [-0.05, 0) is 109 Å². The van der Waals surface area contributed by atoms with Crippen LogP contribution < -0.4 is 0 Å². The standard InChI is InChI=1S/8C6H8O2.C5H6O2.8CH4O.Cl2OS/c8*1-7-5-6-3-2-4-8-6;6-4-5-2-1-3-7-5;8*1-2;1-4(2)3/h8*2-4H,5H2,1H3;1-3,6H,4H2;8*2H,1H3;. The number of methoxy groups -OCH3 is 8. The monoisotopic (exact) mass is 1370 g/mol. The summed E-state index contributed by atoms with van der Waals surface area (Å²) in [5.41, 5.74) is 0. The van der Waals surface area contributed by atoms with Crippen molar-refractivity contribution >= 4 is 30.6 Å². The normalized spacial score (nSPS) is 8.40. The van der Waals surface area contributed by atoms with Gasteiger partial charge in [0.2, 0.25) is 9.23 Å². The Morgan fingerprint density at radius 1 is 0.264 bits per heavy atom. The summed E-state index contributed by atoms with van der Waals surface area (Å²) in [6.07, 6.45) is 14.6. The highest BCUT2D eigenvalue weighted by Gasteiger charge is 1.94. The zero-order valence-electron chi connectivity index (χ0n) is 55.0. The molecule has 0 aliphatic rings. The van der Waals surface area contributed by atoms with Crippen molar-refractivity contribution in [1.29, 1.82) is 0 Å². The van der Waals surface area contributed by atoms with Crippen molar-refractivity contribution in [3.8, 4) is 0 Å². The van der Waals surface area contributed by atoms with E-state index in [1.807, 2.05) is 97.1 Å². The Balaban J connectivity index is -0.000000115. The van der Waals surface area contributed by atoms with Gasteiger partial charge in [0.05, 0.1) is 56.4 Å². The van der Waals surface area contributed by atoms with Crippen molar-refractivity contribution < 1.29 is 128 Å². The van der Waals surface area contributed by atoms with Gasteiger partial charge in [-0.2, -0.15) is 0 Å². The van der Waals surface area contributed by atoms with Crippen molar-refractivity contribution in [2.45, 2.75) is 59.5 Å². The zero-order chi connectivity index (χ0) is 71.3. The number of hydrogen-bond donors (Lipinski definition) is 9. The number of furan rings is 9. The maximum atomic E-state index is 9.09. The minimum Gasteiger partial charge on any atom is -0.467 e. The van der Waals surface area contributed by atoms with E-state index in [1.165, 1.54) is 6.26 Å². The molecule has 0 bridgehead atoms. The minimum atomic E-state index is -1.67. The van der Waals surface area contributed by atoms with Crippen LogP contribution in [0.5, 0.6) is 0 Å². The molecular formula is C61H102Cl2O27S. The van der Waals surface area contributed by atoms with Gasteiger partial charge in [0.15, 0.2) is 0 Å². The average molecular weight is 1370 g/mol. The summed E-state index contributed by atoms with van der Waals surface area (Å²) >= 11 is 0. The maximum Gasteiger partial charge on any atom is 0.211 e. The van der Waals surface area contributed by atoms with E-state index in [4.69, 9.17) is 128 Å². The van der Waals surface area contributed by atoms with Gasteiger partial charge in [0.25, 0.3) is 0 Å². The smallest absolute Gasteiger partial charge is 0.211 e. The van der Waals surface area contributed by atoms with Gasteiger partial charge in [-0.15, -0.1) is 0 Å². The topological polar surface area (TPSA) is 391 Å². The first kappa shape index (κ1) is 103. The molecule has 0 aliphatic carbocycles. The molecule has 9 heterocycles. The second-order valence-corrected chi connectivity index (χ2v) is 16.0. The summed E-state index contributed by atoms with van der Waals surface area (Å²) in [6.45, 7) is 4.49. The third-order valence-corrected chi connectivity index (χ3v) is 7.67. The highest BCUT2D eigenvalue weighted by Crippen LogP contribution is 2.05. The number of halogens is 2. The molecule has 9 rings (SSSR count). The summed E-state index contributed by atoms with van der Waals surface area (Å²) in [4.78, 5) is 0. The van der Waals surface area contributed by atoms with Crippen LogP contribution in [0.1, 0.15) is 51.8 Å². The Labute approximate surface area is 546 Å². The van der Waals surface area contributed by atoms with Crippen molar-refractivity contribution in [3.05, 3.63) is 217 Å². The lowest BCUT2D eigenvalue weighted by Crippen LogP contribution is -1.81. The fraction of sp³-hybridized carbons (Fsp3) is 0.410. The number of hydrogen-bond acceptors (Lipinski definition) is 27. The molecule has 0 saturated heterocycles. The van der Waals surface area contributed by atoms with Crippen LogP contribution in [0.15, 0.2) is 205 Å². The van der Waals surface area contributed by atoms with Crippen LogP contribution in [-0.2, 0) is 107 Å². The molecule has 528 valence electrons. The number of aliphatic hydroxyl groups excluding tert-OH is 9. The molecule has 30 heteroatoms. The highest BCUT2D eigenvalue weighted by molar-refractivity contribution is 8.26. The molecule has 0 aromatic carbocycles. The fourth-order valence-electron chi connectivity index (χ4n) is 4.70. The molecule has 0 aliphatic heterocycles. The summed E-state index contributed by atoms with van der Waals surface area (Å²) in [5.74, 6) is 7.56. The van der Waals surface area contributed by atoms with E-state index in [2.05, 4.69) is 21.4 Å². The van der Waals surface area contributed by atoms with Gasteiger partial charge in [0, 0.05) is 135 Å². The van der Waals surface area contributed by atoms with Gasteiger partial charge in [-0.25, -0.2) is 4.21 Å². The first-order chi connectivity index (χ1) is 44.6. The van der Waals surface area contributed by atoms with Crippen LogP contribution in [0.3, 0.4) is 0 Å². The number of ether oxygens (including phenoxy) is 8. The summed E-state index contributed by atoms with van der Waals surface area (Å²) in [7, 11) is 28.5. The van der Waals surface area contributed by atoms with Crippen molar-refractivity contribution in [2.24, 2.45) is 0 Å². The van der Waals surface area contributed by atoms with Crippen molar-refractivity contribution in [1.82, 2.24) is 0 Å². The molecule has 0 saturated carbocycles. The predicted octanol–water partition coefficient (Wildman–Crippen LogP) is 10.1. The third kappa shape index (κ3) is 81.6. The molecular weight excluding hydrogens is 1270 g/mol. The average Bonchev–Trinajstić information content (AvgIpc) is 4.44. The number of rotatable bonds is 17. The molecule has 0 amide bonds. The summed E-state index contributed by atoms with van der Waals surface area (Å²) in [6, 6.07) is 33.2. The van der Waals surface area contributed by atoms with E-state index in [1.54, 1.807) is 119 Å². The second kappa shape index (κ2) is 97.2.